The van der Waals surface area contributed by atoms with Crippen LogP contribution in [0.1, 0.15) is 29.0 Å². The summed E-state index contributed by atoms with van der Waals surface area (Å²) in [7, 11) is 0. The van der Waals surface area contributed by atoms with Gasteiger partial charge < -0.3 is 10.2 Å². The van der Waals surface area contributed by atoms with Gasteiger partial charge in [0.15, 0.2) is 11.4 Å². The molecule has 0 radical (unpaired) electrons. The summed E-state index contributed by atoms with van der Waals surface area (Å²) in [4.78, 5) is 18.8. The molecule has 0 unspecified atom stereocenters. The Labute approximate surface area is 168 Å². The fourth-order valence-corrected chi connectivity index (χ4v) is 3.24. The molecule has 0 aliphatic carbocycles. The second kappa shape index (κ2) is 7.73. The average Bonchev–Trinajstić information content (AvgIpc) is 3.39. The molecule has 0 saturated carbocycles. The highest BCUT2D eigenvalue weighted by Gasteiger charge is 2.42. The van der Waals surface area contributed by atoms with Gasteiger partial charge in [0.05, 0.1) is 17.6 Å². The minimum Gasteiger partial charge on any atom is -0.357 e. The van der Waals surface area contributed by atoms with E-state index >= 15 is 0 Å². The van der Waals surface area contributed by atoms with Crippen LogP contribution >= 0.6 is 0 Å². The number of anilines is 2. The summed E-state index contributed by atoms with van der Waals surface area (Å²) < 4.78 is 54.5. The molecule has 1 aliphatic rings. The largest absolute Gasteiger partial charge is 0.435 e. The van der Waals surface area contributed by atoms with Gasteiger partial charge in [0.1, 0.15) is 11.6 Å². The van der Waals surface area contributed by atoms with Crippen molar-refractivity contribution in [3.05, 3.63) is 59.8 Å². The number of nitrogens with one attached hydrogen (secondary N) is 1. The van der Waals surface area contributed by atoms with E-state index in [2.05, 4.69) is 25.5 Å². The Balaban J connectivity index is 1.60. The van der Waals surface area contributed by atoms with Crippen molar-refractivity contribution in [3.8, 4) is 5.69 Å². The molecule has 1 amide bonds. The van der Waals surface area contributed by atoms with Crippen molar-refractivity contribution < 1.29 is 22.4 Å². The number of hydrogen-bond donors (Lipinski definition) is 1. The molecular formula is C19H16F4N6O. The summed E-state index contributed by atoms with van der Waals surface area (Å²) in [6.07, 6.45) is -1.39. The van der Waals surface area contributed by atoms with Gasteiger partial charge in [0, 0.05) is 13.1 Å². The van der Waals surface area contributed by atoms with Crippen molar-refractivity contribution in [2.75, 3.05) is 23.3 Å². The zero-order chi connectivity index (χ0) is 21.3. The first kappa shape index (κ1) is 19.8. The smallest absolute Gasteiger partial charge is 0.357 e. The van der Waals surface area contributed by atoms with Gasteiger partial charge in [-0.1, -0.05) is 5.21 Å². The Morgan fingerprint density at radius 3 is 2.33 bits per heavy atom. The molecular weight excluding hydrogens is 404 g/mol. The van der Waals surface area contributed by atoms with E-state index in [9.17, 15) is 22.4 Å². The maximum Gasteiger partial charge on any atom is 0.435 e. The molecule has 0 atom stereocenters. The number of rotatable bonds is 4. The number of halogens is 4. The van der Waals surface area contributed by atoms with Gasteiger partial charge in [-0.2, -0.15) is 13.2 Å². The van der Waals surface area contributed by atoms with Crippen molar-refractivity contribution in [1.82, 2.24) is 20.0 Å². The predicted molar refractivity (Wildman–Crippen MR) is 100.0 cm³/mol. The summed E-state index contributed by atoms with van der Waals surface area (Å²) >= 11 is 0. The number of pyridine rings is 1. The van der Waals surface area contributed by atoms with Crippen LogP contribution in [0.3, 0.4) is 0 Å². The molecule has 11 heteroatoms. The van der Waals surface area contributed by atoms with Gasteiger partial charge in [-0.05, 0) is 49.2 Å². The summed E-state index contributed by atoms with van der Waals surface area (Å²) in [5.41, 5.74) is -2.09. The molecule has 30 heavy (non-hydrogen) atoms. The molecule has 1 N–H and O–H groups in total. The predicted octanol–water partition coefficient (Wildman–Crippen LogP) is 3.67. The van der Waals surface area contributed by atoms with Crippen molar-refractivity contribution in [2.45, 2.75) is 19.0 Å². The van der Waals surface area contributed by atoms with Crippen LogP contribution in [0.5, 0.6) is 0 Å². The number of hydrogen-bond acceptors (Lipinski definition) is 5. The van der Waals surface area contributed by atoms with Crippen LogP contribution < -0.4 is 10.2 Å². The molecule has 4 rings (SSSR count). The lowest BCUT2D eigenvalue weighted by Gasteiger charge is -2.16. The Morgan fingerprint density at radius 1 is 1.03 bits per heavy atom. The normalized spacial score (nSPS) is 14.2. The van der Waals surface area contributed by atoms with Crippen LogP contribution in [0, 0.1) is 5.82 Å². The molecule has 2 aromatic heterocycles. The Kier molecular flexibility index (Phi) is 5.10. The third-order valence-electron chi connectivity index (χ3n) is 4.66. The van der Waals surface area contributed by atoms with Crippen molar-refractivity contribution in [3.63, 3.8) is 0 Å². The van der Waals surface area contributed by atoms with E-state index in [1.807, 2.05) is 0 Å². The van der Waals surface area contributed by atoms with Crippen LogP contribution in [0.2, 0.25) is 0 Å². The molecule has 0 bridgehead atoms. The van der Waals surface area contributed by atoms with E-state index in [4.69, 9.17) is 0 Å². The first-order valence-corrected chi connectivity index (χ1v) is 9.14. The second-order valence-corrected chi connectivity index (χ2v) is 6.73. The molecule has 3 aromatic rings. The van der Waals surface area contributed by atoms with Gasteiger partial charge in [-0.15, -0.1) is 5.10 Å². The van der Waals surface area contributed by atoms with Gasteiger partial charge in [0.25, 0.3) is 5.91 Å². The van der Waals surface area contributed by atoms with Gasteiger partial charge >= 0.3 is 6.18 Å². The van der Waals surface area contributed by atoms with E-state index < -0.39 is 29.3 Å². The number of aromatic nitrogens is 4. The first-order chi connectivity index (χ1) is 14.3. The maximum absolute atomic E-state index is 13.7. The average molecular weight is 420 g/mol. The van der Waals surface area contributed by atoms with Crippen LogP contribution in [-0.2, 0) is 6.18 Å². The summed E-state index contributed by atoms with van der Waals surface area (Å²) in [6, 6.07) is 7.47. The monoisotopic (exact) mass is 420 g/mol. The zero-order valence-electron chi connectivity index (χ0n) is 15.5. The number of benzene rings is 1. The summed E-state index contributed by atoms with van der Waals surface area (Å²) in [6.45, 7) is 1.78. The van der Waals surface area contributed by atoms with E-state index in [1.54, 1.807) is 12.1 Å². The maximum atomic E-state index is 13.7. The topological polar surface area (TPSA) is 75.9 Å². The zero-order valence-corrected chi connectivity index (χ0v) is 15.5. The highest BCUT2D eigenvalue weighted by atomic mass is 19.4. The third-order valence-corrected chi connectivity index (χ3v) is 4.66. The quantitative estimate of drug-likeness (QED) is 0.652. The first-order valence-electron chi connectivity index (χ1n) is 9.14. The molecule has 1 fully saturated rings. The van der Waals surface area contributed by atoms with E-state index in [-0.39, 0.29) is 11.4 Å². The number of amides is 1. The SMILES string of the molecule is O=C(Nc1ccc(N2CCCC2)nc1)c1nnn(-c2ccc(F)cc2)c1C(F)(F)F. The Hall–Kier alpha value is -3.50. The molecule has 1 saturated heterocycles. The van der Waals surface area contributed by atoms with E-state index in [0.29, 0.717) is 4.68 Å². The minimum atomic E-state index is -4.91. The number of alkyl halides is 3. The van der Waals surface area contributed by atoms with Gasteiger partial charge in [-0.25, -0.2) is 14.1 Å². The van der Waals surface area contributed by atoms with Crippen LogP contribution in [0.25, 0.3) is 5.69 Å². The highest BCUT2D eigenvalue weighted by molar-refractivity contribution is 6.03. The second-order valence-electron chi connectivity index (χ2n) is 6.73. The van der Waals surface area contributed by atoms with Crippen LogP contribution in [0.4, 0.5) is 29.1 Å². The molecule has 0 spiro atoms. The third kappa shape index (κ3) is 3.95. The van der Waals surface area contributed by atoms with Crippen LogP contribution in [0.15, 0.2) is 42.6 Å². The lowest BCUT2D eigenvalue weighted by atomic mass is 10.2. The number of carbonyl (C=O) groups excluding carboxylic acids is 1. The molecule has 3 heterocycles. The fraction of sp³-hybridized carbons (Fsp3) is 0.263. The Morgan fingerprint density at radius 2 is 1.73 bits per heavy atom. The summed E-state index contributed by atoms with van der Waals surface area (Å²) in [5, 5.41) is 9.24. The molecule has 156 valence electrons. The fourth-order valence-electron chi connectivity index (χ4n) is 3.24. The minimum absolute atomic E-state index is 0.0769. The molecule has 1 aromatic carbocycles. The summed E-state index contributed by atoms with van der Waals surface area (Å²) in [5.74, 6) is -0.953. The number of nitrogens with zero attached hydrogens (tertiary/aromatic N) is 5. The van der Waals surface area contributed by atoms with Crippen molar-refractivity contribution >= 4 is 17.4 Å². The standard InChI is InChI=1S/C19H16F4N6O/c20-12-3-6-14(7-4-12)29-17(19(21,22)23)16(26-27-29)18(30)25-13-5-8-15(24-11-13)28-9-1-2-10-28/h3-8,11H,1-2,9-10H2,(H,25,30). The lowest BCUT2D eigenvalue weighted by Crippen LogP contribution is -2.21. The van der Waals surface area contributed by atoms with Crippen molar-refractivity contribution in [2.24, 2.45) is 0 Å². The highest BCUT2D eigenvalue weighted by Crippen LogP contribution is 2.33. The molecule has 1 aliphatic heterocycles. The number of carbonyl (C=O) groups is 1. The van der Waals surface area contributed by atoms with E-state index in [0.717, 1.165) is 56.0 Å². The van der Waals surface area contributed by atoms with Gasteiger partial charge in [-0.3, -0.25) is 4.79 Å². The van der Waals surface area contributed by atoms with E-state index in [1.165, 1.54) is 6.20 Å². The molecule has 7 nitrogen and oxygen atoms in total. The lowest BCUT2D eigenvalue weighted by molar-refractivity contribution is -0.143. The van der Waals surface area contributed by atoms with Crippen molar-refractivity contribution in [1.29, 1.82) is 0 Å². The van der Waals surface area contributed by atoms with Gasteiger partial charge in [0.2, 0.25) is 0 Å². The van der Waals surface area contributed by atoms with Crippen LogP contribution in [-0.4, -0.2) is 39.0 Å². The Bertz CT molecular complexity index is 1040.